The van der Waals surface area contributed by atoms with Gasteiger partial charge in [-0.2, -0.15) is 0 Å². The van der Waals surface area contributed by atoms with E-state index < -0.39 is 23.3 Å². The van der Waals surface area contributed by atoms with Crippen molar-refractivity contribution in [3.63, 3.8) is 0 Å². The Bertz CT molecular complexity index is 1090. The minimum atomic E-state index is -1.06. The van der Waals surface area contributed by atoms with Gasteiger partial charge in [-0.1, -0.05) is 6.58 Å². The minimum absolute atomic E-state index is 0.0863. The number of aryl methyl sites for hydroxylation is 2. The topological polar surface area (TPSA) is 56.5 Å². The van der Waals surface area contributed by atoms with Gasteiger partial charge in [-0.3, -0.25) is 0 Å². The standard InChI is InChI=1S/C18H16F3N3/c1-8-7-24-16(14(20)6-15(21)18(22)23)5-12-10(3)13(19)4-11(9(8)2)17(12)24/h4-7H,2,22-23H2,1,3H3/b14-6+. The van der Waals surface area contributed by atoms with Crippen LogP contribution in [0.5, 0.6) is 0 Å². The number of pyridine rings is 1. The average Bonchev–Trinajstić information content (AvgIpc) is 2.89. The molecule has 6 heteroatoms. The molecule has 0 saturated heterocycles. The van der Waals surface area contributed by atoms with E-state index in [-0.39, 0.29) is 5.69 Å². The van der Waals surface area contributed by atoms with Gasteiger partial charge in [0.25, 0.3) is 0 Å². The summed E-state index contributed by atoms with van der Waals surface area (Å²) in [5, 5.41) is 1.79. The zero-order valence-corrected chi connectivity index (χ0v) is 13.3. The van der Waals surface area contributed by atoms with E-state index in [2.05, 4.69) is 6.58 Å². The fourth-order valence-electron chi connectivity index (χ4n) is 2.82. The highest BCUT2D eigenvalue weighted by atomic mass is 19.1. The van der Waals surface area contributed by atoms with Crippen molar-refractivity contribution in [3.8, 4) is 0 Å². The van der Waals surface area contributed by atoms with Crippen LogP contribution < -0.4 is 16.7 Å². The number of hydrogen-bond acceptors (Lipinski definition) is 2. The quantitative estimate of drug-likeness (QED) is 0.708. The van der Waals surface area contributed by atoms with Crippen LogP contribution in [0.15, 0.2) is 36.1 Å². The third-order valence-corrected chi connectivity index (χ3v) is 4.22. The Morgan fingerprint density at radius 3 is 2.46 bits per heavy atom. The molecule has 0 radical (unpaired) electrons. The number of benzene rings is 1. The Labute approximate surface area is 136 Å². The first-order chi connectivity index (χ1) is 11.2. The number of nitrogens with two attached hydrogens (primary N) is 2. The zero-order valence-electron chi connectivity index (χ0n) is 13.3. The molecule has 0 spiro atoms. The Hall–Kier alpha value is -2.89. The first-order valence-electron chi connectivity index (χ1n) is 7.22. The van der Waals surface area contributed by atoms with Crippen LogP contribution in [0.3, 0.4) is 0 Å². The van der Waals surface area contributed by atoms with Crippen LogP contribution in [0, 0.1) is 19.7 Å². The molecule has 0 fully saturated rings. The number of allylic oxidation sites excluding steroid dienone is 2. The second-order valence-electron chi connectivity index (χ2n) is 5.78. The molecule has 0 aliphatic heterocycles. The minimum Gasteiger partial charge on any atom is -0.383 e. The lowest BCUT2D eigenvalue weighted by atomic mass is 10.0. The highest BCUT2D eigenvalue weighted by Gasteiger charge is 2.18. The van der Waals surface area contributed by atoms with Crippen molar-refractivity contribution >= 4 is 28.7 Å². The van der Waals surface area contributed by atoms with Gasteiger partial charge in [0.15, 0.2) is 5.83 Å². The largest absolute Gasteiger partial charge is 0.383 e. The lowest BCUT2D eigenvalue weighted by Gasteiger charge is -2.09. The number of rotatable bonds is 2. The van der Waals surface area contributed by atoms with E-state index in [4.69, 9.17) is 11.5 Å². The maximum Gasteiger partial charge on any atom is 0.165 e. The van der Waals surface area contributed by atoms with Crippen molar-refractivity contribution in [3.05, 3.63) is 63.9 Å². The molecular formula is C18H16F3N3. The monoisotopic (exact) mass is 331 g/mol. The van der Waals surface area contributed by atoms with E-state index in [1.54, 1.807) is 24.4 Å². The summed E-state index contributed by atoms with van der Waals surface area (Å²) in [7, 11) is 0. The molecule has 0 aliphatic rings. The van der Waals surface area contributed by atoms with Crippen LogP contribution in [0.4, 0.5) is 13.2 Å². The highest BCUT2D eigenvalue weighted by molar-refractivity contribution is 6.00. The number of hydrogen-bond donors (Lipinski definition) is 2. The maximum atomic E-state index is 14.6. The smallest absolute Gasteiger partial charge is 0.165 e. The van der Waals surface area contributed by atoms with Crippen molar-refractivity contribution in [1.82, 2.24) is 4.40 Å². The summed E-state index contributed by atoms with van der Waals surface area (Å²) in [4.78, 5) is 0. The molecule has 3 aromatic rings. The number of halogens is 3. The van der Waals surface area contributed by atoms with E-state index in [0.717, 1.165) is 5.56 Å². The highest BCUT2D eigenvalue weighted by Crippen LogP contribution is 2.32. The molecular weight excluding hydrogens is 315 g/mol. The van der Waals surface area contributed by atoms with Crippen LogP contribution >= 0.6 is 0 Å². The molecule has 0 unspecified atom stereocenters. The average molecular weight is 331 g/mol. The van der Waals surface area contributed by atoms with E-state index in [1.165, 1.54) is 12.1 Å². The van der Waals surface area contributed by atoms with Crippen molar-refractivity contribution < 1.29 is 13.2 Å². The van der Waals surface area contributed by atoms with Crippen molar-refractivity contribution in [1.29, 1.82) is 0 Å². The first-order valence-corrected chi connectivity index (χ1v) is 7.22. The first kappa shape index (κ1) is 16.0. The molecule has 4 N–H and O–H groups in total. The summed E-state index contributed by atoms with van der Waals surface area (Å²) in [6.07, 6.45) is 2.30. The Morgan fingerprint density at radius 1 is 1.17 bits per heavy atom. The fourth-order valence-corrected chi connectivity index (χ4v) is 2.82. The summed E-state index contributed by atoms with van der Waals surface area (Å²) < 4.78 is 43.9. The predicted octanol–water partition coefficient (Wildman–Crippen LogP) is 3.34. The van der Waals surface area contributed by atoms with Gasteiger partial charge in [-0.05, 0) is 42.3 Å². The van der Waals surface area contributed by atoms with Crippen LogP contribution in [-0.4, -0.2) is 4.40 Å². The molecule has 3 nitrogen and oxygen atoms in total. The van der Waals surface area contributed by atoms with Gasteiger partial charge in [-0.25, -0.2) is 13.2 Å². The summed E-state index contributed by atoms with van der Waals surface area (Å²) in [6, 6.07) is 2.86. The Kier molecular flexibility index (Phi) is 3.55. The van der Waals surface area contributed by atoms with Crippen LogP contribution in [0.1, 0.15) is 16.8 Å². The van der Waals surface area contributed by atoms with E-state index >= 15 is 0 Å². The Balaban J connectivity index is 2.47. The summed E-state index contributed by atoms with van der Waals surface area (Å²) in [5.41, 5.74) is 12.1. The van der Waals surface area contributed by atoms with Gasteiger partial charge in [-0.15, -0.1) is 0 Å². The van der Waals surface area contributed by atoms with Gasteiger partial charge < -0.3 is 15.9 Å². The molecule has 0 aliphatic carbocycles. The van der Waals surface area contributed by atoms with Gasteiger partial charge in [0, 0.05) is 23.0 Å². The van der Waals surface area contributed by atoms with Gasteiger partial charge >= 0.3 is 0 Å². The van der Waals surface area contributed by atoms with Crippen LogP contribution in [0.25, 0.3) is 28.7 Å². The van der Waals surface area contributed by atoms with Crippen LogP contribution in [0.2, 0.25) is 0 Å². The molecule has 0 amide bonds. The lowest BCUT2D eigenvalue weighted by molar-refractivity contribution is 0.622. The normalized spacial score (nSPS) is 12.3. The lowest BCUT2D eigenvalue weighted by Crippen LogP contribution is -2.10. The number of aromatic nitrogens is 1. The molecule has 124 valence electrons. The van der Waals surface area contributed by atoms with E-state index in [1.807, 2.05) is 0 Å². The number of nitrogens with zero attached hydrogens (tertiary/aromatic N) is 1. The van der Waals surface area contributed by atoms with Crippen molar-refractivity contribution in [2.24, 2.45) is 11.5 Å². The van der Waals surface area contributed by atoms with Gasteiger partial charge in [0.05, 0.1) is 11.2 Å². The molecule has 0 saturated carbocycles. The summed E-state index contributed by atoms with van der Waals surface area (Å²) in [5.74, 6) is -2.93. The molecule has 0 atom stereocenters. The molecule has 2 heterocycles. The second kappa shape index (κ2) is 5.33. The van der Waals surface area contributed by atoms with Crippen molar-refractivity contribution in [2.45, 2.75) is 13.8 Å². The Morgan fingerprint density at radius 2 is 1.83 bits per heavy atom. The molecule has 2 aromatic heterocycles. The molecule has 24 heavy (non-hydrogen) atoms. The van der Waals surface area contributed by atoms with E-state index in [9.17, 15) is 13.2 Å². The second-order valence-corrected chi connectivity index (χ2v) is 5.78. The van der Waals surface area contributed by atoms with Crippen LogP contribution in [-0.2, 0) is 0 Å². The molecule has 3 rings (SSSR count). The van der Waals surface area contributed by atoms with Crippen molar-refractivity contribution in [2.75, 3.05) is 0 Å². The predicted molar refractivity (Wildman–Crippen MR) is 90.7 cm³/mol. The SMILES string of the molecule is C=c1c(C)cn2c(/C(F)=C\C(F)=C(N)N)cc3c(C)c(F)cc1c32. The van der Waals surface area contributed by atoms with Gasteiger partial charge in [0.1, 0.15) is 17.5 Å². The summed E-state index contributed by atoms with van der Waals surface area (Å²) in [6.45, 7) is 7.36. The third kappa shape index (κ3) is 2.22. The third-order valence-electron chi connectivity index (χ3n) is 4.22. The molecule has 1 aromatic carbocycles. The maximum absolute atomic E-state index is 14.6. The van der Waals surface area contributed by atoms with Gasteiger partial charge in [0.2, 0.25) is 0 Å². The zero-order chi connectivity index (χ0) is 17.8. The van der Waals surface area contributed by atoms with E-state index in [0.29, 0.717) is 33.1 Å². The fraction of sp³-hybridized carbons (Fsp3) is 0.111. The summed E-state index contributed by atoms with van der Waals surface area (Å²) >= 11 is 0. The molecule has 0 bridgehead atoms.